The van der Waals surface area contributed by atoms with E-state index in [1.165, 1.54) is 11.1 Å². The zero-order valence-electron chi connectivity index (χ0n) is 14.9. The lowest BCUT2D eigenvalue weighted by molar-refractivity contribution is 0.396. The fraction of sp³-hybridized carbons (Fsp3) is 0.368. The number of guanidine groups is 1. The number of methoxy groups -OCH3 is 1. The van der Waals surface area contributed by atoms with Gasteiger partial charge in [-0.1, -0.05) is 18.2 Å². The minimum Gasteiger partial charge on any atom is -0.496 e. The first-order valence-electron chi connectivity index (χ1n) is 8.09. The van der Waals surface area contributed by atoms with Crippen molar-refractivity contribution in [1.29, 1.82) is 0 Å². The largest absolute Gasteiger partial charge is 0.496 e. The number of hydrogen-bond acceptors (Lipinski definition) is 3. The van der Waals surface area contributed by atoms with E-state index >= 15 is 0 Å². The van der Waals surface area contributed by atoms with Crippen molar-refractivity contribution >= 4 is 5.96 Å². The molecule has 0 saturated carbocycles. The van der Waals surface area contributed by atoms with Crippen molar-refractivity contribution in [3.63, 3.8) is 0 Å². The van der Waals surface area contributed by atoms with E-state index in [-0.39, 0.29) is 0 Å². The number of benzene rings is 1. The van der Waals surface area contributed by atoms with E-state index < -0.39 is 0 Å². The van der Waals surface area contributed by atoms with Gasteiger partial charge in [0.25, 0.3) is 0 Å². The number of aliphatic imine (C=N–C) groups is 1. The standard InChI is InChI=1S/C19H26N4O/c1-15-13-21-11-9-16(15)10-12-22-19(20-2)23(3)14-17-7-5-6-8-18(17)24-4/h5-9,11,13H,10,12,14H2,1-4H3,(H,20,22). The average Bonchev–Trinajstić information content (AvgIpc) is 2.60. The van der Waals surface area contributed by atoms with Gasteiger partial charge in [-0.05, 0) is 36.6 Å². The van der Waals surface area contributed by atoms with Crippen LogP contribution in [0.5, 0.6) is 5.75 Å². The van der Waals surface area contributed by atoms with Crippen LogP contribution in [-0.4, -0.2) is 43.6 Å². The normalized spacial score (nSPS) is 11.2. The van der Waals surface area contributed by atoms with E-state index in [0.717, 1.165) is 36.8 Å². The molecule has 5 nitrogen and oxygen atoms in total. The quantitative estimate of drug-likeness (QED) is 0.655. The highest BCUT2D eigenvalue weighted by Crippen LogP contribution is 2.18. The van der Waals surface area contributed by atoms with Gasteiger partial charge < -0.3 is 15.0 Å². The van der Waals surface area contributed by atoms with Gasteiger partial charge in [-0.2, -0.15) is 0 Å². The molecule has 1 aromatic carbocycles. The number of para-hydroxylation sites is 1. The van der Waals surface area contributed by atoms with E-state index in [4.69, 9.17) is 4.74 Å². The lowest BCUT2D eigenvalue weighted by Crippen LogP contribution is -2.39. The molecule has 2 aromatic rings. The predicted molar refractivity (Wildman–Crippen MR) is 98.5 cm³/mol. The van der Waals surface area contributed by atoms with Gasteiger partial charge in [0, 0.05) is 45.1 Å². The van der Waals surface area contributed by atoms with Gasteiger partial charge in [-0.15, -0.1) is 0 Å². The molecule has 1 N–H and O–H groups in total. The molecule has 24 heavy (non-hydrogen) atoms. The minimum absolute atomic E-state index is 0.734. The Hall–Kier alpha value is -2.56. The first-order chi connectivity index (χ1) is 11.7. The fourth-order valence-corrected chi connectivity index (χ4v) is 2.64. The van der Waals surface area contributed by atoms with Crippen LogP contribution in [0.15, 0.2) is 47.7 Å². The molecule has 0 spiro atoms. The second kappa shape index (κ2) is 8.91. The van der Waals surface area contributed by atoms with Crippen molar-refractivity contribution in [2.75, 3.05) is 27.7 Å². The third-order valence-corrected chi connectivity index (χ3v) is 3.99. The van der Waals surface area contributed by atoms with Crippen molar-refractivity contribution in [3.05, 3.63) is 59.4 Å². The molecular formula is C19H26N4O. The molecule has 0 amide bonds. The maximum atomic E-state index is 5.42. The lowest BCUT2D eigenvalue weighted by atomic mass is 10.1. The molecule has 1 heterocycles. The molecule has 0 aliphatic rings. The molecule has 5 heteroatoms. The topological polar surface area (TPSA) is 49.8 Å². The Balaban J connectivity index is 1.92. The van der Waals surface area contributed by atoms with Crippen LogP contribution >= 0.6 is 0 Å². The van der Waals surface area contributed by atoms with Crippen LogP contribution in [0, 0.1) is 6.92 Å². The van der Waals surface area contributed by atoms with Crippen LogP contribution in [0.25, 0.3) is 0 Å². The Labute approximate surface area is 144 Å². The van der Waals surface area contributed by atoms with Crippen molar-refractivity contribution in [1.82, 2.24) is 15.2 Å². The third-order valence-electron chi connectivity index (χ3n) is 3.99. The summed E-state index contributed by atoms with van der Waals surface area (Å²) in [5, 5.41) is 3.42. The van der Waals surface area contributed by atoms with E-state index in [1.54, 1.807) is 14.2 Å². The van der Waals surface area contributed by atoms with Crippen molar-refractivity contribution in [2.24, 2.45) is 4.99 Å². The van der Waals surface area contributed by atoms with Crippen LogP contribution in [0.1, 0.15) is 16.7 Å². The molecule has 0 fully saturated rings. The minimum atomic E-state index is 0.734. The molecule has 0 aliphatic heterocycles. The summed E-state index contributed by atoms with van der Waals surface area (Å²) in [5.41, 5.74) is 3.66. The number of hydrogen-bond donors (Lipinski definition) is 1. The molecule has 0 radical (unpaired) electrons. The summed E-state index contributed by atoms with van der Waals surface area (Å²) in [5.74, 6) is 1.76. The van der Waals surface area contributed by atoms with Gasteiger partial charge in [0.2, 0.25) is 0 Å². The van der Waals surface area contributed by atoms with Crippen LogP contribution in [0.4, 0.5) is 0 Å². The van der Waals surface area contributed by atoms with Gasteiger partial charge in [0.15, 0.2) is 5.96 Å². The van der Waals surface area contributed by atoms with E-state index in [0.29, 0.717) is 0 Å². The van der Waals surface area contributed by atoms with Gasteiger partial charge >= 0.3 is 0 Å². The van der Waals surface area contributed by atoms with Crippen LogP contribution in [0.3, 0.4) is 0 Å². The summed E-state index contributed by atoms with van der Waals surface area (Å²) in [6.45, 7) is 3.65. The fourth-order valence-electron chi connectivity index (χ4n) is 2.64. The zero-order chi connectivity index (χ0) is 17.4. The molecule has 0 saturated heterocycles. The molecule has 0 aliphatic carbocycles. The molecule has 0 bridgehead atoms. The monoisotopic (exact) mass is 326 g/mol. The van der Waals surface area contributed by atoms with Crippen molar-refractivity contribution < 1.29 is 4.74 Å². The maximum Gasteiger partial charge on any atom is 0.193 e. The van der Waals surface area contributed by atoms with Crippen LogP contribution in [-0.2, 0) is 13.0 Å². The van der Waals surface area contributed by atoms with Crippen LogP contribution < -0.4 is 10.1 Å². The maximum absolute atomic E-state index is 5.42. The Morgan fingerprint density at radius 2 is 2.04 bits per heavy atom. The number of rotatable bonds is 6. The van der Waals surface area contributed by atoms with Crippen molar-refractivity contribution in [2.45, 2.75) is 19.9 Å². The zero-order valence-corrected chi connectivity index (χ0v) is 14.9. The number of ether oxygens (including phenoxy) is 1. The van der Waals surface area contributed by atoms with Gasteiger partial charge in [0.1, 0.15) is 5.75 Å². The SMILES string of the molecule is CN=C(NCCc1ccncc1C)N(C)Cc1ccccc1OC. The summed E-state index contributed by atoms with van der Waals surface area (Å²) >= 11 is 0. The highest BCUT2D eigenvalue weighted by Gasteiger charge is 2.09. The Bertz CT molecular complexity index is 685. The number of aryl methyl sites for hydroxylation is 1. The highest BCUT2D eigenvalue weighted by atomic mass is 16.5. The predicted octanol–water partition coefficient (Wildman–Crippen LogP) is 2.65. The van der Waals surface area contributed by atoms with Gasteiger partial charge in [0.05, 0.1) is 7.11 Å². The number of nitrogens with one attached hydrogen (secondary N) is 1. The molecular weight excluding hydrogens is 300 g/mol. The van der Waals surface area contributed by atoms with Gasteiger partial charge in [-0.3, -0.25) is 9.98 Å². The molecule has 1 aromatic heterocycles. The highest BCUT2D eigenvalue weighted by molar-refractivity contribution is 5.79. The Morgan fingerprint density at radius 1 is 1.25 bits per heavy atom. The smallest absolute Gasteiger partial charge is 0.193 e. The molecule has 0 unspecified atom stereocenters. The Morgan fingerprint density at radius 3 is 2.75 bits per heavy atom. The van der Waals surface area contributed by atoms with E-state index in [1.807, 2.05) is 37.6 Å². The van der Waals surface area contributed by atoms with Gasteiger partial charge in [-0.25, -0.2) is 0 Å². The average molecular weight is 326 g/mol. The molecule has 0 atom stereocenters. The summed E-state index contributed by atoms with van der Waals surface area (Å²) in [6.07, 6.45) is 4.68. The second-order valence-electron chi connectivity index (χ2n) is 5.69. The molecule has 128 valence electrons. The number of nitrogens with zero attached hydrogens (tertiary/aromatic N) is 3. The summed E-state index contributed by atoms with van der Waals surface area (Å²) < 4.78 is 5.42. The van der Waals surface area contributed by atoms with E-state index in [2.05, 4.69) is 39.2 Å². The first kappa shape index (κ1) is 17.8. The summed E-state index contributed by atoms with van der Waals surface area (Å²) in [6, 6.07) is 10.1. The molecule has 2 rings (SSSR count). The lowest BCUT2D eigenvalue weighted by Gasteiger charge is -2.23. The van der Waals surface area contributed by atoms with E-state index in [9.17, 15) is 0 Å². The second-order valence-corrected chi connectivity index (χ2v) is 5.69. The van der Waals surface area contributed by atoms with Crippen LogP contribution in [0.2, 0.25) is 0 Å². The summed E-state index contributed by atoms with van der Waals surface area (Å²) in [4.78, 5) is 10.6. The number of pyridine rings is 1. The summed E-state index contributed by atoms with van der Waals surface area (Å²) in [7, 11) is 5.53. The van der Waals surface area contributed by atoms with Crippen molar-refractivity contribution in [3.8, 4) is 5.75 Å². The third kappa shape index (κ3) is 4.72. The first-order valence-corrected chi connectivity index (χ1v) is 8.09. The number of aromatic nitrogens is 1. The Kier molecular flexibility index (Phi) is 6.61.